The van der Waals surface area contributed by atoms with Gasteiger partial charge in [-0.15, -0.1) is 5.10 Å². The predicted octanol–water partition coefficient (Wildman–Crippen LogP) is 3.14. The number of fused-ring (bicyclic) bond motifs is 2. The molecule has 39 heavy (non-hydrogen) atoms. The number of ketones is 1. The average Bonchev–Trinajstić information content (AvgIpc) is 3.62. The van der Waals surface area contributed by atoms with Crippen LogP contribution < -0.4 is 10.2 Å². The van der Waals surface area contributed by atoms with Crippen LogP contribution in [0.5, 0.6) is 0 Å². The normalized spacial score (nSPS) is 16.7. The van der Waals surface area contributed by atoms with E-state index in [9.17, 15) is 4.79 Å². The Morgan fingerprint density at radius 2 is 1.74 bits per heavy atom. The van der Waals surface area contributed by atoms with Crippen LogP contribution in [0.25, 0.3) is 11.5 Å². The molecule has 5 aromatic rings. The molecule has 0 spiro atoms. The molecular formula is C28H23N9O2. The van der Waals surface area contributed by atoms with Gasteiger partial charge in [0.2, 0.25) is 0 Å². The third-order valence-corrected chi connectivity index (χ3v) is 6.86. The van der Waals surface area contributed by atoms with Gasteiger partial charge in [0.25, 0.3) is 5.89 Å². The van der Waals surface area contributed by atoms with Gasteiger partial charge in [0, 0.05) is 30.3 Å². The Kier molecular flexibility index (Phi) is 5.65. The van der Waals surface area contributed by atoms with Crippen molar-refractivity contribution in [3.05, 3.63) is 102 Å². The van der Waals surface area contributed by atoms with Crippen LogP contribution >= 0.6 is 0 Å². The van der Waals surface area contributed by atoms with Crippen molar-refractivity contribution in [1.82, 2.24) is 29.9 Å². The fraction of sp³-hybridized carbons (Fsp3) is 0.179. The Balaban J connectivity index is 1.19. The molecule has 0 bridgehead atoms. The minimum atomic E-state index is -0.886. The van der Waals surface area contributed by atoms with Crippen molar-refractivity contribution in [2.45, 2.75) is 25.7 Å². The van der Waals surface area contributed by atoms with Crippen molar-refractivity contribution >= 4 is 23.3 Å². The maximum atomic E-state index is 13.3. The second kappa shape index (κ2) is 9.60. The second-order valence-corrected chi connectivity index (χ2v) is 9.30. The highest BCUT2D eigenvalue weighted by Gasteiger charge is 2.28. The molecule has 7 rings (SSSR count). The maximum absolute atomic E-state index is 13.3. The Labute approximate surface area is 223 Å². The van der Waals surface area contributed by atoms with Crippen LogP contribution in [-0.2, 0) is 24.3 Å². The molecule has 2 aliphatic rings. The van der Waals surface area contributed by atoms with Crippen LogP contribution in [0.15, 0.2) is 88.7 Å². The molecule has 0 saturated carbocycles. The number of carbonyl (C=O) groups excluding carboxylic acids is 1. The van der Waals surface area contributed by atoms with Gasteiger partial charge in [-0.25, -0.2) is 14.6 Å². The van der Waals surface area contributed by atoms with Crippen LogP contribution in [0.2, 0.25) is 0 Å². The molecular weight excluding hydrogens is 494 g/mol. The number of nitrogens with one attached hydrogen (secondary N) is 1. The Hall–Kier alpha value is -5.19. The van der Waals surface area contributed by atoms with Crippen LogP contribution in [0.3, 0.4) is 0 Å². The van der Waals surface area contributed by atoms with Crippen molar-refractivity contribution in [2.75, 3.05) is 16.8 Å². The van der Waals surface area contributed by atoms with Gasteiger partial charge < -0.3 is 14.6 Å². The summed E-state index contributed by atoms with van der Waals surface area (Å²) in [5, 5.41) is 15.8. The van der Waals surface area contributed by atoms with Gasteiger partial charge in [0.05, 0.1) is 24.4 Å². The third-order valence-electron chi connectivity index (χ3n) is 6.86. The lowest BCUT2D eigenvalue weighted by Gasteiger charge is -2.28. The molecule has 0 aliphatic carbocycles. The lowest BCUT2D eigenvalue weighted by atomic mass is 9.96. The summed E-state index contributed by atoms with van der Waals surface area (Å²) in [6.45, 7) is 1.99. The minimum absolute atomic E-state index is 0.0902. The molecule has 3 aromatic heterocycles. The molecule has 0 radical (unpaired) electrons. The lowest BCUT2D eigenvalue weighted by Crippen LogP contribution is -2.35. The molecule has 0 amide bonds. The van der Waals surface area contributed by atoms with Crippen LogP contribution in [0, 0.1) is 0 Å². The van der Waals surface area contributed by atoms with E-state index in [0.717, 1.165) is 28.2 Å². The smallest absolute Gasteiger partial charge is 0.317 e. The highest BCUT2D eigenvalue weighted by atomic mass is 16.4. The van der Waals surface area contributed by atoms with E-state index < -0.39 is 6.17 Å². The predicted molar refractivity (Wildman–Crippen MR) is 143 cm³/mol. The number of hydrogen-bond acceptors (Lipinski definition) is 10. The van der Waals surface area contributed by atoms with Gasteiger partial charge in [0.15, 0.2) is 11.9 Å². The first kappa shape index (κ1) is 23.0. The monoisotopic (exact) mass is 517 g/mol. The van der Waals surface area contributed by atoms with E-state index in [1.54, 1.807) is 12.5 Å². The summed E-state index contributed by atoms with van der Waals surface area (Å²) in [4.78, 5) is 29.2. The number of aliphatic imine (C=N–C) groups is 1. The van der Waals surface area contributed by atoms with E-state index in [1.165, 1.54) is 0 Å². The molecule has 1 atom stereocenters. The number of pyridine rings is 1. The summed E-state index contributed by atoms with van der Waals surface area (Å²) < 4.78 is 7.90. The number of anilines is 2. The van der Waals surface area contributed by atoms with E-state index in [2.05, 4.69) is 35.5 Å². The zero-order valence-electron chi connectivity index (χ0n) is 20.8. The molecule has 5 heterocycles. The number of rotatable bonds is 5. The van der Waals surface area contributed by atoms with E-state index in [0.29, 0.717) is 36.9 Å². The van der Waals surface area contributed by atoms with Crippen molar-refractivity contribution in [3.63, 3.8) is 0 Å². The number of carbonyl (C=O) groups is 1. The number of Topliss-reactive ketones (excluding diaryl/α,β-unsaturated/α-hetero) is 1. The number of aromatic nitrogens is 6. The number of hydrogen-bond donors (Lipinski definition) is 1. The number of benzene rings is 2. The zero-order chi connectivity index (χ0) is 26.2. The molecule has 2 aromatic carbocycles. The zero-order valence-corrected chi connectivity index (χ0v) is 20.8. The fourth-order valence-corrected chi connectivity index (χ4v) is 4.97. The van der Waals surface area contributed by atoms with Crippen LogP contribution in [0.4, 0.5) is 11.8 Å². The largest absolute Gasteiger partial charge is 0.403 e. The van der Waals surface area contributed by atoms with Gasteiger partial charge >= 0.3 is 6.01 Å². The quantitative estimate of drug-likeness (QED) is 0.374. The van der Waals surface area contributed by atoms with E-state index in [4.69, 9.17) is 9.41 Å². The topological polar surface area (TPSA) is 127 Å². The van der Waals surface area contributed by atoms with Crippen molar-refractivity contribution in [2.24, 2.45) is 4.99 Å². The SMILES string of the molecule is O=C1Cc2ccccc2C(c2ccccc2)=NC1Nc1nnc(-c2cccnc2N2CCn3ncnc3C2)o1. The first-order valence-corrected chi connectivity index (χ1v) is 12.6. The molecule has 11 nitrogen and oxygen atoms in total. The first-order chi connectivity index (χ1) is 19.2. The minimum Gasteiger partial charge on any atom is -0.403 e. The van der Waals surface area contributed by atoms with Crippen molar-refractivity contribution in [1.29, 1.82) is 0 Å². The second-order valence-electron chi connectivity index (χ2n) is 9.30. The van der Waals surface area contributed by atoms with Gasteiger partial charge in [-0.05, 0) is 17.7 Å². The molecule has 2 aliphatic heterocycles. The number of nitrogens with zero attached hydrogens (tertiary/aromatic N) is 8. The van der Waals surface area contributed by atoms with Gasteiger partial charge in [-0.2, -0.15) is 5.10 Å². The first-order valence-electron chi connectivity index (χ1n) is 12.6. The van der Waals surface area contributed by atoms with Crippen molar-refractivity contribution in [3.8, 4) is 11.5 Å². The van der Waals surface area contributed by atoms with Gasteiger partial charge in [-0.1, -0.05) is 59.7 Å². The summed E-state index contributed by atoms with van der Waals surface area (Å²) in [6, 6.07) is 21.5. The summed E-state index contributed by atoms with van der Waals surface area (Å²) >= 11 is 0. The fourth-order valence-electron chi connectivity index (χ4n) is 4.97. The molecule has 1 N–H and O–H groups in total. The van der Waals surface area contributed by atoms with E-state index >= 15 is 0 Å². The maximum Gasteiger partial charge on any atom is 0.317 e. The Bertz CT molecular complexity index is 1690. The highest BCUT2D eigenvalue weighted by Crippen LogP contribution is 2.31. The van der Waals surface area contributed by atoms with Crippen LogP contribution in [0.1, 0.15) is 22.5 Å². The summed E-state index contributed by atoms with van der Waals surface area (Å²) in [5.41, 5.74) is 4.22. The Morgan fingerprint density at radius 1 is 0.897 bits per heavy atom. The lowest BCUT2D eigenvalue weighted by molar-refractivity contribution is -0.119. The molecule has 0 fully saturated rings. The van der Waals surface area contributed by atoms with Crippen molar-refractivity contribution < 1.29 is 9.21 Å². The third kappa shape index (κ3) is 4.33. The molecule has 11 heteroatoms. The average molecular weight is 518 g/mol. The molecule has 0 saturated heterocycles. The standard InChI is InChI=1S/C28H23N9O2/c38-22-15-19-9-4-5-10-20(19)24(18-7-2-1-3-8-18)32-25(22)33-28-35-34-27(39-28)21-11-6-12-29-26(21)36-13-14-37-23(16-36)30-17-31-37/h1-12,17,25H,13-16H2,(H,33,35). The van der Waals surface area contributed by atoms with E-state index in [-0.39, 0.29) is 18.2 Å². The molecule has 192 valence electrons. The summed E-state index contributed by atoms with van der Waals surface area (Å²) in [6.07, 6.45) is 2.64. The van der Waals surface area contributed by atoms with Gasteiger partial charge in [0.1, 0.15) is 18.0 Å². The Morgan fingerprint density at radius 3 is 2.67 bits per heavy atom. The van der Waals surface area contributed by atoms with Gasteiger partial charge in [-0.3, -0.25) is 9.79 Å². The highest BCUT2D eigenvalue weighted by molar-refractivity contribution is 6.16. The summed E-state index contributed by atoms with van der Waals surface area (Å²) in [5.74, 6) is 1.79. The van der Waals surface area contributed by atoms with Crippen LogP contribution in [-0.4, -0.2) is 54.2 Å². The summed E-state index contributed by atoms with van der Waals surface area (Å²) in [7, 11) is 0. The van der Waals surface area contributed by atoms with E-state index in [1.807, 2.05) is 71.4 Å². The molecule has 1 unspecified atom stereocenters.